The number of piperidine rings is 1. The highest BCUT2D eigenvalue weighted by Crippen LogP contribution is 2.46. The first-order valence-corrected chi connectivity index (χ1v) is 11.3. The third-order valence-electron chi connectivity index (χ3n) is 5.90. The standard InChI is InChI=1S/C23H27N3O4S/c1-16-4-6-17(7-5-16)26-21(27)15-31-23(26)10-12-25(13-11-23)22(28)24-19-9-8-18(29-2)14-20(19)30-3/h4-9,14H,10-13,15H2,1-3H3,(H,24,28). The van der Waals surface area contributed by atoms with Crippen molar-refractivity contribution in [1.82, 2.24) is 4.90 Å². The molecule has 8 heteroatoms. The number of anilines is 2. The second kappa shape index (κ2) is 8.70. The van der Waals surface area contributed by atoms with Crippen LogP contribution in [0.4, 0.5) is 16.2 Å². The van der Waals surface area contributed by atoms with Crippen molar-refractivity contribution in [2.75, 3.05) is 43.3 Å². The van der Waals surface area contributed by atoms with Crippen LogP contribution < -0.4 is 19.7 Å². The Kier molecular flexibility index (Phi) is 6.00. The predicted molar refractivity (Wildman–Crippen MR) is 123 cm³/mol. The zero-order valence-corrected chi connectivity index (χ0v) is 18.8. The molecule has 0 bridgehead atoms. The maximum atomic E-state index is 12.9. The summed E-state index contributed by atoms with van der Waals surface area (Å²) in [7, 11) is 3.14. The van der Waals surface area contributed by atoms with E-state index in [9.17, 15) is 9.59 Å². The van der Waals surface area contributed by atoms with Gasteiger partial charge in [0.05, 0.1) is 30.5 Å². The third-order valence-corrected chi connectivity index (χ3v) is 7.42. The lowest BCUT2D eigenvalue weighted by Gasteiger charge is -2.43. The lowest BCUT2D eigenvalue weighted by molar-refractivity contribution is -0.116. The van der Waals surface area contributed by atoms with E-state index in [4.69, 9.17) is 9.47 Å². The first kappa shape index (κ1) is 21.4. The van der Waals surface area contributed by atoms with Gasteiger partial charge in [-0.05, 0) is 44.0 Å². The van der Waals surface area contributed by atoms with E-state index in [2.05, 4.69) is 5.32 Å². The number of rotatable bonds is 4. The van der Waals surface area contributed by atoms with Crippen molar-refractivity contribution in [3.63, 3.8) is 0 Å². The number of carbonyl (C=O) groups is 2. The van der Waals surface area contributed by atoms with E-state index in [1.807, 2.05) is 36.1 Å². The molecule has 0 aliphatic carbocycles. The maximum Gasteiger partial charge on any atom is 0.321 e. The summed E-state index contributed by atoms with van der Waals surface area (Å²) in [5, 5.41) is 2.94. The molecular weight excluding hydrogens is 414 g/mol. The number of nitrogens with zero attached hydrogens (tertiary/aromatic N) is 2. The van der Waals surface area contributed by atoms with Gasteiger partial charge in [0.1, 0.15) is 11.5 Å². The highest BCUT2D eigenvalue weighted by Gasteiger charge is 2.49. The van der Waals surface area contributed by atoms with Crippen molar-refractivity contribution >= 4 is 35.1 Å². The van der Waals surface area contributed by atoms with Gasteiger partial charge in [0, 0.05) is 24.8 Å². The summed E-state index contributed by atoms with van der Waals surface area (Å²) >= 11 is 1.69. The normalized spacial score (nSPS) is 17.7. The second-order valence-electron chi connectivity index (χ2n) is 7.78. The third kappa shape index (κ3) is 4.17. The van der Waals surface area contributed by atoms with Crippen LogP contribution in [-0.2, 0) is 4.79 Å². The monoisotopic (exact) mass is 441 g/mol. The fourth-order valence-electron chi connectivity index (χ4n) is 4.15. The zero-order chi connectivity index (χ0) is 22.0. The minimum Gasteiger partial charge on any atom is -0.497 e. The molecule has 2 aromatic carbocycles. The Morgan fingerprint density at radius 1 is 1.06 bits per heavy atom. The van der Waals surface area contributed by atoms with Crippen LogP contribution in [0, 0.1) is 6.92 Å². The smallest absolute Gasteiger partial charge is 0.321 e. The van der Waals surface area contributed by atoms with Crippen LogP contribution >= 0.6 is 11.8 Å². The molecule has 164 valence electrons. The van der Waals surface area contributed by atoms with E-state index >= 15 is 0 Å². The van der Waals surface area contributed by atoms with Crippen LogP contribution in [0.25, 0.3) is 0 Å². The molecule has 2 fully saturated rings. The van der Waals surface area contributed by atoms with Crippen molar-refractivity contribution in [3.8, 4) is 11.5 Å². The number of carbonyl (C=O) groups excluding carboxylic acids is 2. The molecule has 2 saturated heterocycles. The van der Waals surface area contributed by atoms with Gasteiger partial charge < -0.3 is 19.7 Å². The number of thioether (sulfide) groups is 1. The van der Waals surface area contributed by atoms with Gasteiger partial charge in [-0.25, -0.2) is 4.79 Å². The minimum atomic E-state index is -0.291. The molecular formula is C23H27N3O4S. The summed E-state index contributed by atoms with van der Waals surface area (Å²) in [5.74, 6) is 1.82. The van der Waals surface area contributed by atoms with Crippen molar-refractivity contribution in [2.24, 2.45) is 0 Å². The zero-order valence-electron chi connectivity index (χ0n) is 18.0. The van der Waals surface area contributed by atoms with Crippen molar-refractivity contribution in [2.45, 2.75) is 24.6 Å². The topological polar surface area (TPSA) is 71.1 Å². The van der Waals surface area contributed by atoms with Crippen LogP contribution in [0.5, 0.6) is 11.5 Å². The molecule has 2 heterocycles. The lowest BCUT2D eigenvalue weighted by Crippen LogP contribution is -2.53. The van der Waals surface area contributed by atoms with E-state index in [0.717, 1.165) is 24.1 Å². The van der Waals surface area contributed by atoms with Gasteiger partial charge in [-0.15, -0.1) is 11.8 Å². The van der Waals surface area contributed by atoms with E-state index in [0.29, 0.717) is 36.0 Å². The molecule has 2 aliphatic heterocycles. The Hall–Kier alpha value is -2.87. The molecule has 0 aromatic heterocycles. The van der Waals surface area contributed by atoms with Gasteiger partial charge in [0.25, 0.3) is 0 Å². The number of methoxy groups -OCH3 is 2. The average Bonchev–Trinajstić information content (AvgIpc) is 3.10. The maximum absolute atomic E-state index is 12.9. The van der Waals surface area contributed by atoms with Crippen molar-refractivity contribution < 1.29 is 19.1 Å². The van der Waals surface area contributed by atoms with Crippen molar-refractivity contribution in [3.05, 3.63) is 48.0 Å². The molecule has 1 spiro atoms. The van der Waals surface area contributed by atoms with Gasteiger partial charge in [-0.3, -0.25) is 9.69 Å². The van der Waals surface area contributed by atoms with E-state index < -0.39 is 0 Å². The molecule has 7 nitrogen and oxygen atoms in total. The Morgan fingerprint density at radius 2 is 1.77 bits per heavy atom. The fraction of sp³-hybridized carbons (Fsp3) is 0.391. The second-order valence-corrected chi connectivity index (χ2v) is 9.12. The Morgan fingerprint density at radius 3 is 2.42 bits per heavy atom. The van der Waals surface area contributed by atoms with Crippen LogP contribution in [0.15, 0.2) is 42.5 Å². The number of benzene rings is 2. The Bertz CT molecular complexity index is 971. The SMILES string of the molecule is COc1ccc(NC(=O)N2CCC3(CC2)SCC(=O)N3c2ccc(C)cc2)c(OC)c1. The molecule has 2 aromatic rings. The van der Waals surface area contributed by atoms with E-state index in [1.54, 1.807) is 49.1 Å². The highest BCUT2D eigenvalue weighted by atomic mass is 32.2. The Labute approximate surface area is 186 Å². The molecule has 3 amide bonds. The summed E-state index contributed by atoms with van der Waals surface area (Å²) in [5.41, 5.74) is 2.69. The van der Waals surface area contributed by atoms with Crippen LogP contribution in [0.1, 0.15) is 18.4 Å². The molecule has 31 heavy (non-hydrogen) atoms. The highest BCUT2D eigenvalue weighted by molar-refractivity contribution is 8.02. The fourth-order valence-corrected chi connectivity index (χ4v) is 5.48. The largest absolute Gasteiger partial charge is 0.497 e. The summed E-state index contributed by atoms with van der Waals surface area (Å²) < 4.78 is 10.6. The number of aryl methyl sites for hydroxylation is 1. The van der Waals surface area contributed by atoms with Crippen LogP contribution in [0.2, 0.25) is 0 Å². The number of nitrogens with one attached hydrogen (secondary N) is 1. The van der Waals surface area contributed by atoms with E-state index in [-0.39, 0.29) is 16.8 Å². The number of urea groups is 1. The Balaban J connectivity index is 1.45. The first-order valence-electron chi connectivity index (χ1n) is 10.3. The van der Waals surface area contributed by atoms with Gasteiger partial charge in [0.2, 0.25) is 5.91 Å². The molecule has 0 radical (unpaired) electrons. The minimum absolute atomic E-state index is 0.134. The molecule has 1 N–H and O–H groups in total. The van der Waals surface area contributed by atoms with Crippen LogP contribution in [-0.4, -0.2) is 54.8 Å². The summed E-state index contributed by atoms with van der Waals surface area (Å²) in [6.07, 6.45) is 1.45. The molecule has 0 atom stereocenters. The lowest BCUT2D eigenvalue weighted by atomic mass is 10.0. The molecule has 0 unspecified atom stereocenters. The summed E-state index contributed by atoms with van der Waals surface area (Å²) in [4.78, 5) is 29.0. The number of amides is 3. The summed E-state index contributed by atoms with van der Waals surface area (Å²) in [6, 6.07) is 13.2. The molecule has 2 aliphatic rings. The van der Waals surface area contributed by atoms with Gasteiger partial charge in [-0.2, -0.15) is 0 Å². The van der Waals surface area contributed by atoms with Gasteiger partial charge >= 0.3 is 6.03 Å². The number of ether oxygens (including phenoxy) is 2. The average molecular weight is 442 g/mol. The van der Waals surface area contributed by atoms with Gasteiger partial charge in [0.15, 0.2) is 0 Å². The molecule has 0 saturated carbocycles. The van der Waals surface area contributed by atoms with E-state index in [1.165, 1.54) is 0 Å². The van der Waals surface area contributed by atoms with Crippen LogP contribution in [0.3, 0.4) is 0 Å². The number of hydrogen-bond acceptors (Lipinski definition) is 5. The molecule has 4 rings (SSSR count). The first-order chi connectivity index (χ1) is 15.0. The summed E-state index contributed by atoms with van der Waals surface area (Å²) in [6.45, 7) is 3.19. The quantitative estimate of drug-likeness (QED) is 0.773. The van der Waals surface area contributed by atoms with Gasteiger partial charge in [-0.1, -0.05) is 17.7 Å². The predicted octanol–water partition coefficient (Wildman–Crippen LogP) is 4.12. The number of likely N-dealkylation sites (tertiary alicyclic amines) is 1. The number of hydrogen-bond donors (Lipinski definition) is 1. The van der Waals surface area contributed by atoms with Crippen molar-refractivity contribution in [1.29, 1.82) is 0 Å².